The molecule has 0 aliphatic carbocycles. The summed E-state index contributed by atoms with van der Waals surface area (Å²) in [4.78, 5) is 27.8. The predicted octanol–water partition coefficient (Wildman–Crippen LogP) is 6.73. The summed E-state index contributed by atoms with van der Waals surface area (Å²) < 4.78 is 5.12. The first-order valence-electron chi connectivity index (χ1n) is 11.7. The number of hydrogen-bond acceptors (Lipinski definition) is 3. The summed E-state index contributed by atoms with van der Waals surface area (Å²) in [5.41, 5.74) is 4.78. The Morgan fingerprint density at radius 2 is 1.24 bits per heavy atom. The van der Waals surface area contributed by atoms with Gasteiger partial charge < -0.3 is 10.1 Å². The van der Waals surface area contributed by atoms with Gasteiger partial charge in [-0.25, -0.2) is 4.79 Å². The van der Waals surface area contributed by atoms with Crippen LogP contribution in [0.4, 0.5) is 10.5 Å². The third-order valence-corrected chi connectivity index (χ3v) is 5.90. The van der Waals surface area contributed by atoms with Gasteiger partial charge in [0.05, 0.1) is 13.2 Å². The number of carbonyl (C=O) groups excluding carboxylic acids is 2. The van der Waals surface area contributed by atoms with Gasteiger partial charge >= 0.3 is 6.09 Å². The number of methoxy groups -OCH3 is 1. The fourth-order valence-corrected chi connectivity index (χ4v) is 4.23. The number of rotatable bonds is 8. The van der Waals surface area contributed by atoms with E-state index in [0.717, 1.165) is 27.9 Å². The smallest absolute Gasteiger partial charge is 0.410 e. The Kier molecular flexibility index (Phi) is 8.47. The first-order chi connectivity index (χ1) is 16.3. The average molecular weight is 459 g/mol. The lowest BCUT2D eigenvalue weighted by Crippen LogP contribution is -2.41. The minimum Gasteiger partial charge on any atom is -0.453 e. The average Bonchev–Trinajstić information content (AvgIpc) is 2.84. The van der Waals surface area contributed by atoms with Crippen LogP contribution in [0.5, 0.6) is 0 Å². The van der Waals surface area contributed by atoms with Gasteiger partial charge in [0, 0.05) is 5.69 Å². The molecule has 0 heterocycles. The van der Waals surface area contributed by atoms with Crippen molar-refractivity contribution in [1.82, 2.24) is 4.90 Å². The van der Waals surface area contributed by atoms with Crippen molar-refractivity contribution in [3.63, 3.8) is 0 Å². The van der Waals surface area contributed by atoms with Crippen LogP contribution in [0.15, 0.2) is 78.9 Å². The largest absolute Gasteiger partial charge is 0.453 e. The highest BCUT2D eigenvalue weighted by Gasteiger charge is 2.30. The summed E-state index contributed by atoms with van der Waals surface area (Å²) in [6.07, 6.45) is -0.561. The van der Waals surface area contributed by atoms with E-state index < -0.39 is 12.1 Å². The van der Waals surface area contributed by atoms with Gasteiger partial charge in [0.25, 0.3) is 0 Å². The Hall–Kier alpha value is -3.60. The van der Waals surface area contributed by atoms with Gasteiger partial charge in [0.1, 0.15) is 6.54 Å². The summed E-state index contributed by atoms with van der Waals surface area (Å²) in [5.74, 6) is 0.219. The molecule has 1 N–H and O–H groups in total. The number of benzene rings is 3. The van der Waals surface area contributed by atoms with Crippen LogP contribution in [0.2, 0.25) is 0 Å². The summed E-state index contributed by atoms with van der Waals surface area (Å²) in [6, 6.07) is 25.0. The Labute approximate surface area is 202 Å². The zero-order valence-electron chi connectivity index (χ0n) is 20.6. The SMILES string of the molecule is COC(=O)N(CC(=O)Nc1c(C(C)C)cccc1C(C)C)C(c1ccccc1)c1ccccc1. The molecule has 3 aromatic carbocycles. The van der Waals surface area contributed by atoms with Crippen LogP contribution in [0, 0.1) is 0 Å². The van der Waals surface area contributed by atoms with E-state index in [4.69, 9.17) is 4.74 Å². The second-order valence-corrected chi connectivity index (χ2v) is 8.99. The van der Waals surface area contributed by atoms with Gasteiger partial charge in [-0.2, -0.15) is 0 Å². The van der Waals surface area contributed by atoms with E-state index in [2.05, 4.69) is 33.0 Å². The normalized spacial score (nSPS) is 11.1. The maximum absolute atomic E-state index is 13.4. The summed E-state index contributed by atoms with van der Waals surface area (Å²) in [5, 5.41) is 3.12. The maximum atomic E-state index is 13.4. The number of ether oxygens (including phenoxy) is 1. The zero-order valence-corrected chi connectivity index (χ0v) is 20.6. The third kappa shape index (κ3) is 5.84. The Balaban J connectivity index is 1.99. The molecule has 0 aliphatic heterocycles. The number of nitrogens with zero attached hydrogens (tertiary/aromatic N) is 1. The fourth-order valence-electron chi connectivity index (χ4n) is 4.23. The van der Waals surface area contributed by atoms with E-state index in [0.29, 0.717) is 0 Å². The predicted molar refractivity (Wildman–Crippen MR) is 137 cm³/mol. The number of amides is 2. The van der Waals surface area contributed by atoms with E-state index in [1.165, 1.54) is 12.0 Å². The highest BCUT2D eigenvalue weighted by molar-refractivity contribution is 5.95. The van der Waals surface area contributed by atoms with E-state index in [1.54, 1.807) is 0 Å². The van der Waals surface area contributed by atoms with Gasteiger partial charge in [-0.1, -0.05) is 107 Å². The van der Waals surface area contributed by atoms with Gasteiger partial charge in [-0.05, 0) is 34.1 Å². The molecule has 0 aliphatic rings. The fraction of sp³-hybridized carbons (Fsp3) is 0.310. The van der Waals surface area contributed by atoms with Crippen molar-refractivity contribution >= 4 is 17.7 Å². The molecule has 0 spiro atoms. The Bertz CT molecular complexity index is 1030. The lowest BCUT2D eigenvalue weighted by Gasteiger charge is -2.31. The standard InChI is InChI=1S/C29H34N2O3/c1-20(2)24-17-12-18-25(21(3)4)27(24)30-26(32)19-31(29(33)34-5)28(22-13-8-6-9-14-22)23-15-10-7-11-16-23/h6-18,20-21,28H,19H2,1-5H3,(H,30,32). The second-order valence-electron chi connectivity index (χ2n) is 8.99. The molecule has 0 fully saturated rings. The highest BCUT2D eigenvalue weighted by atomic mass is 16.5. The minimum atomic E-state index is -0.561. The number of nitrogens with one attached hydrogen (secondary N) is 1. The van der Waals surface area contributed by atoms with Crippen LogP contribution in [-0.4, -0.2) is 30.6 Å². The quantitative estimate of drug-likeness (QED) is 0.407. The van der Waals surface area contributed by atoms with Crippen LogP contribution in [-0.2, 0) is 9.53 Å². The molecule has 2 amide bonds. The number of para-hydroxylation sites is 1. The molecule has 5 heteroatoms. The Morgan fingerprint density at radius 3 is 1.65 bits per heavy atom. The summed E-state index contributed by atoms with van der Waals surface area (Å²) >= 11 is 0. The molecule has 0 saturated heterocycles. The second kappa shape index (κ2) is 11.5. The van der Waals surface area contributed by atoms with Crippen LogP contribution < -0.4 is 5.32 Å². The van der Waals surface area contributed by atoms with E-state index in [9.17, 15) is 9.59 Å². The first kappa shape index (κ1) is 25.0. The molecule has 0 radical (unpaired) electrons. The zero-order chi connectivity index (χ0) is 24.7. The Morgan fingerprint density at radius 1 is 0.765 bits per heavy atom. The van der Waals surface area contributed by atoms with Gasteiger partial charge in [0.15, 0.2) is 0 Å². The number of hydrogen-bond donors (Lipinski definition) is 1. The molecule has 5 nitrogen and oxygen atoms in total. The van der Waals surface area contributed by atoms with E-state index in [-0.39, 0.29) is 24.3 Å². The molecule has 0 aromatic heterocycles. The van der Waals surface area contributed by atoms with Crippen molar-refractivity contribution in [2.24, 2.45) is 0 Å². The van der Waals surface area contributed by atoms with Crippen molar-refractivity contribution < 1.29 is 14.3 Å². The molecule has 3 rings (SSSR count). The molecule has 178 valence electrons. The van der Waals surface area contributed by atoms with Crippen molar-refractivity contribution in [2.45, 2.75) is 45.6 Å². The first-order valence-corrected chi connectivity index (χ1v) is 11.7. The summed E-state index contributed by atoms with van der Waals surface area (Å²) in [7, 11) is 1.34. The molecular formula is C29H34N2O3. The minimum absolute atomic E-state index is 0.148. The highest BCUT2D eigenvalue weighted by Crippen LogP contribution is 2.33. The summed E-state index contributed by atoms with van der Waals surface area (Å²) in [6.45, 7) is 8.28. The monoisotopic (exact) mass is 458 g/mol. The van der Waals surface area contributed by atoms with E-state index in [1.807, 2.05) is 78.9 Å². The molecule has 34 heavy (non-hydrogen) atoms. The molecular weight excluding hydrogens is 424 g/mol. The maximum Gasteiger partial charge on any atom is 0.410 e. The van der Waals surface area contributed by atoms with Crippen molar-refractivity contribution in [3.05, 3.63) is 101 Å². The lowest BCUT2D eigenvalue weighted by atomic mass is 9.92. The molecule has 0 unspecified atom stereocenters. The van der Waals surface area contributed by atoms with Crippen molar-refractivity contribution in [1.29, 1.82) is 0 Å². The molecule has 3 aromatic rings. The third-order valence-electron chi connectivity index (χ3n) is 5.90. The van der Waals surface area contributed by atoms with Gasteiger partial charge in [-0.3, -0.25) is 9.69 Å². The van der Waals surface area contributed by atoms with Crippen LogP contribution in [0.25, 0.3) is 0 Å². The lowest BCUT2D eigenvalue weighted by molar-refractivity contribution is -0.117. The van der Waals surface area contributed by atoms with Crippen molar-refractivity contribution in [2.75, 3.05) is 19.0 Å². The number of anilines is 1. The van der Waals surface area contributed by atoms with Crippen molar-refractivity contribution in [3.8, 4) is 0 Å². The molecule has 0 bridgehead atoms. The molecule has 0 atom stereocenters. The van der Waals surface area contributed by atoms with Crippen LogP contribution >= 0.6 is 0 Å². The number of carbonyl (C=O) groups is 2. The van der Waals surface area contributed by atoms with E-state index >= 15 is 0 Å². The van der Waals surface area contributed by atoms with Gasteiger partial charge in [-0.15, -0.1) is 0 Å². The van der Waals surface area contributed by atoms with Crippen LogP contribution in [0.3, 0.4) is 0 Å². The molecule has 0 saturated carbocycles. The van der Waals surface area contributed by atoms with Crippen LogP contribution in [0.1, 0.15) is 67.8 Å². The van der Waals surface area contributed by atoms with Gasteiger partial charge in [0.2, 0.25) is 5.91 Å². The topological polar surface area (TPSA) is 58.6 Å².